The lowest BCUT2D eigenvalue weighted by molar-refractivity contribution is 0.00498. The van der Waals surface area contributed by atoms with E-state index in [0.29, 0.717) is 75.9 Å². The van der Waals surface area contributed by atoms with Gasteiger partial charge in [-0.05, 0) is 54.6 Å². The van der Waals surface area contributed by atoms with Crippen LogP contribution in [0.5, 0.6) is 23.0 Å². The third-order valence-corrected chi connectivity index (χ3v) is 5.96. The standard InChI is InChI=1S/C31H37N3O9/c35-30-24-21-25(23-32-22-24)31(36)34-10-12-41-27-3-7-29(8-4-27)43-20-18-39-16-14-37-13-15-38-17-19-42-28-5-1-26(2-6-28)40-11-9-33-30/h1-8,21-23H,9-20H2,(H,33,35)(H,34,36). The zero-order valence-electron chi connectivity index (χ0n) is 24.0. The number of pyridine rings is 1. The van der Waals surface area contributed by atoms with E-state index >= 15 is 0 Å². The van der Waals surface area contributed by atoms with Crippen LogP contribution < -0.4 is 29.6 Å². The number of hydrogen-bond acceptors (Lipinski definition) is 10. The van der Waals surface area contributed by atoms with Crippen LogP contribution in [0.4, 0.5) is 0 Å². The van der Waals surface area contributed by atoms with E-state index in [1.165, 1.54) is 18.5 Å². The lowest BCUT2D eigenvalue weighted by Crippen LogP contribution is -2.30. The molecule has 0 unspecified atom stereocenters. The number of amides is 2. The Labute approximate surface area is 250 Å². The summed E-state index contributed by atoms with van der Waals surface area (Å²) in [6.07, 6.45) is 2.81. The molecule has 1 aromatic heterocycles. The maximum atomic E-state index is 12.6. The third-order valence-electron chi connectivity index (χ3n) is 5.96. The zero-order valence-corrected chi connectivity index (χ0v) is 24.0. The molecule has 43 heavy (non-hydrogen) atoms. The predicted octanol–water partition coefficient (Wildman–Crippen LogP) is 2.52. The van der Waals surface area contributed by atoms with Crippen LogP contribution in [0.2, 0.25) is 0 Å². The average Bonchev–Trinajstić information content (AvgIpc) is 3.04. The Bertz CT molecular complexity index is 1160. The minimum atomic E-state index is -0.358. The van der Waals surface area contributed by atoms with E-state index in [-0.39, 0.29) is 49.2 Å². The molecular weight excluding hydrogens is 558 g/mol. The van der Waals surface area contributed by atoms with Crippen molar-refractivity contribution in [3.8, 4) is 23.0 Å². The van der Waals surface area contributed by atoms with E-state index in [9.17, 15) is 9.59 Å². The highest BCUT2D eigenvalue weighted by Crippen LogP contribution is 2.18. The van der Waals surface area contributed by atoms with Crippen molar-refractivity contribution in [1.82, 2.24) is 15.6 Å². The molecule has 3 aromatic rings. The summed E-state index contributed by atoms with van der Waals surface area (Å²) in [5.74, 6) is 1.96. The van der Waals surface area contributed by atoms with Gasteiger partial charge in [0.05, 0.1) is 63.9 Å². The Balaban J connectivity index is 1.26. The van der Waals surface area contributed by atoms with Gasteiger partial charge in [-0.3, -0.25) is 14.6 Å². The summed E-state index contributed by atoms with van der Waals surface area (Å²) >= 11 is 0. The van der Waals surface area contributed by atoms with Gasteiger partial charge in [0.2, 0.25) is 0 Å². The summed E-state index contributed by atoms with van der Waals surface area (Å²) in [4.78, 5) is 29.2. The summed E-state index contributed by atoms with van der Waals surface area (Å²) in [6.45, 7) is 4.61. The molecule has 0 spiro atoms. The fraction of sp³-hybridized carbons (Fsp3) is 0.387. The van der Waals surface area contributed by atoms with Gasteiger partial charge in [0.15, 0.2) is 0 Å². The molecule has 0 radical (unpaired) electrons. The molecule has 4 aliphatic heterocycles. The minimum absolute atomic E-state index is 0.261. The number of aromatic nitrogens is 1. The Morgan fingerprint density at radius 1 is 0.465 bits per heavy atom. The molecule has 0 atom stereocenters. The van der Waals surface area contributed by atoms with Crippen LogP contribution in [-0.2, 0) is 14.2 Å². The van der Waals surface area contributed by atoms with Crippen molar-refractivity contribution < 1.29 is 42.7 Å². The molecule has 12 nitrogen and oxygen atoms in total. The summed E-state index contributed by atoms with van der Waals surface area (Å²) in [7, 11) is 0. The number of ether oxygens (including phenoxy) is 7. The molecule has 12 heteroatoms. The van der Waals surface area contributed by atoms with Crippen LogP contribution in [0.1, 0.15) is 20.7 Å². The Hall–Kier alpha value is -4.39. The highest BCUT2D eigenvalue weighted by Gasteiger charge is 2.11. The molecule has 2 N–H and O–H groups in total. The van der Waals surface area contributed by atoms with Crippen LogP contribution in [0.3, 0.4) is 0 Å². The molecule has 230 valence electrons. The first-order chi connectivity index (χ1) is 21.2. The molecule has 0 saturated heterocycles. The van der Waals surface area contributed by atoms with Crippen LogP contribution in [-0.4, -0.2) is 96.0 Å². The number of carbonyl (C=O) groups is 2. The monoisotopic (exact) mass is 595 g/mol. The first-order valence-electron chi connectivity index (χ1n) is 14.1. The van der Waals surface area contributed by atoms with Crippen molar-refractivity contribution >= 4 is 11.8 Å². The molecule has 4 aliphatic rings. The Morgan fingerprint density at radius 2 is 0.791 bits per heavy atom. The number of carbonyl (C=O) groups excluding carboxylic acids is 2. The lowest BCUT2D eigenvalue weighted by Gasteiger charge is -2.11. The number of rotatable bonds is 0. The largest absolute Gasteiger partial charge is 0.492 e. The molecule has 7 rings (SSSR count). The second-order valence-corrected chi connectivity index (χ2v) is 9.15. The normalized spacial score (nSPS) is 17.1. The zero-order chi connectivity index (χ0) is 30.0. The van der Waals surface area contributed by atoms with Crippen LogP contribution in [0.25, 0.3) is 0 Å². The first kappa shape index (κ1) is 31.5. The second kappa shape index (κ2) is 18.2. The van der Waals surface area contributed by atoms with Crippen molar-refractivity contribution in [3.63, 3.8) is 0 Å². The van der Waals surface area contributed by atoms with Crippen molar-refractivity contribution in [2.24, 2.45) is 0 Å². The van der Waals surface area contributed by atoms with Gasteiger partial charge in [-0.25, -0.2) is 0 Å². The summed E-state index contributed by atoms with van der Waals surface area (Å²) in [5.41, 5.74) is 0.542. The number of nitrogens with zero attached hydrogens (tertiary/aromatic N) is 1. The molecule has 0 fully saturated rings. The van der Waals surface area contributed by atoms with E-state index in [1.54, 1.807) is 48.5 Å². The minimum Gasteiger partial charge on any atom is -0.492 e. The van der Waals surface area contributed by atoms with E-state index in [2.05, 4.69) is 15.6 Å². The number of hydrogen-bond donors (Lipinski definition) is 2. The van der Waals surface area contributed by atoms with Crippen molar-refractivity contribution in [3.05, 3.63) is 78.1 Å². The topological polar surface area (TPSA) is 136 Å². The van der Waals surface area contributed by atoms with Crippen molar-refractivity contribution in [1.29, 1.82) is 0 Å². The molecule has 2 aromatic carbocycles. The van der Waals surface area contributed by atoms with Gasteiger partial charge in [-0.2, -0.15) is 0 Å². The summed E-state index contributed by atoms with van der Waals surface area (Å²) < 4.78 is 39.3. The molecule has 6 bridgehead atoms. The average molecular weight is 596 g/mol. The van der Waals surface area contributed by atoms with Gasteiger partial charge in [-0.1, -0.05) is 0 Å². The fourth-order valence-corrected chi connectivity index (χ4v) is 3.80. The summed E-state index contributed by atoms with van der Waals surface area (Å²) in [6, 6.07) is 15.9. The van der Waals surface area contributed by atoms with Gasteiger partial charge in [0.1, 0.15) is 49.4 Å². The number of nitrogens with one attached hydrogen (secondary N) is 2. The van der Waals surface area contributed by atoms with Crippen LogP contribution in [0, 0.1) is 0 Å². The molecule has 5 heterocycles. The molecule has 0 saturated carbocycles. The highest BCUT2D eigenvalue weighted by molar-refractivity contribution is 5.99. The van der Waals surface area contributed by atoms with Gasteiger partial charge in [0.25, 0.3) is 11.8 Å². The van der Waals surface area contributed by atoms with E-state index in [4.69, 9.17) is 33.2 Å². The maximum Gasteiger partial charge on any atom is 0.252 e. The predicted molar refractivity (Wildman–Crippen MR) is 156 cm³/mol. The van der Waals surface area contributed by atoms with Crippen LogP contribution >= 0.6 is 0 Å². The quantitative estimate of drug-likeness (QED) is 0.399. The smallest absolute Gasteiger partial charge is 0.252 e. The highest BCUT2D eigenvalue weighted by atomic mass is 16.6. The Kier molecular flexibility index (Phi) is 13.4. The first-order valence-corrected chi connectivity index (χ1v) is 14.1. The van der Waals surface area contributed by atoms with Gasteiger partial charge in [-0.15, -0.1) is 0 Å². The van der Waals surface area contributed by atoms with Crippen molar-refractivity contribution in [2.75, 3.05) is 79.2 Å². The van der Waals surface area contributed by atoms with Crippen molar-refractivity contribution in [2.45, 2.75) is 0 Å². The summed E-state index contributed by atoms with van der Waals surface area (Å²) in [5, 5.41) is 5.54. The van der Waals surface area contributed by atoms with E-state index in [0.717, 1.165) is 0 Å². The van der Waals surface area contributed by atoms with Crippen LogP contribution in [0.15, 0.2) is 67.0 Å². The SMILES string of the molecule is O=C1NCCOc2ccc(cc2)OCCOCCOCCOCCOc2ccc(cc2)OCCNC(=O)c2cncc1c2. The van der Waals surface area contributed by atoms with E-state index in [1.807, 2.05) is 0 Å². The number of benzene rings is 2. The van der Waals surface area contributed by atoms with E-state index < -0.39 is 0 Å². The maximum absolute atomic E-state index is 12.6. The molecule has 2 amide bonds. The fourth-order valence-electron chi connectivity index (χ4n) is 3.80. The second-order valence-electron chi connectivity index (χ2n) is 9.15. The van der Waals surface area contributed by atoms with Gasteiger partial charge < -0.3 is 43.8 Å². The third kappa shape index (κ3) is 11.8. The Morgan fingerprint density at radius 3 is 1.16 bits per heavy atom. The molecule has 0 aliphatic carbocycles. The molecular formula is C31H37N3O9. The van der Waals surface area contributed by atoms with Gasteiger partial charge >= 0.3 is 0 Å². The lowest BCUT2D eigenvalue weighted by atomic mass is 10.2. The van der Waals surface area contributed by atoms with Gasteiger partial charge in [0, 0.05) is 12.4 Å².